The van der Waals surface area contributed by atoms with Crippen molar-refractivity contribution in [2.45, 2.75) is 26.3 Å². The molecule has 0 aromatic carbocycles. The van der Waals surface area contributed by atoms with E-state index in [0.29, 0.717) is 18.9 Å². The summed E-state index contributed by atoms with van der Waals surface area (Å²) >= 11 is 0. The lowest BCUT2D eigenvalue weighted by molar-refractivity contribution is -0.135. The first-order valence-corrected chi connectivity index (χ1v) is 3.74. The molecular weight excluding hydrogens is 144 g/mol. The number of hydrogen-bond acceptors (Lipinski definition) is 4. The fourth-order valence-corrected chi connectivity index (χ4v) is 0.878. The van der Waals surface area contributed by atoms with E-state index in [0.717, 1.165) is 6.42 Å². The Morgan fingerprint density at radius 1 is 1.64 bits per heavy atom. The zero-order valence-electron chi connectivity index (χ0n) is 7.04. The first-order valence-electron chi connectivity index (χ1n) is 3.74. The van der Waals surface area contributed by atoms with Gasteiger partial charge >= 0.3 is 6.47 Å². The van der Waals surface area contributed by atoms with Gasteiger partial charge in [0.15, 0.2) is 0 Å². The van der Waals surface area contributed by atoms with Gasteiger partial charge in [-0.15, -0.1) is 0 Å². The Balaban J connectivity index is 3.21. The molecule has 1 atom stereocenters. The molecule has 0 fully saturated rings. The molecular formula is C7H16N2O2. The number of nitrogens with two attached hydrogens (primary N) is 1. The lowest BCUT2D eigenvalue weighted by Crippen LogP contribution is -2.34. The van der Waals surface area contributed by atoms with Gasteiger partial charge in [0.05, 0.1) is 0 Å². The summed E-state index contributed by atoms with van der Waals surface area (Å²) in [6.07, 6.45) is 0.926. The number of hydrogen-bond donors (Lipinski definition) is 2. The monoisotopic (exact) mass is 160 g/mol. The van der Waals surface area contributed by atoms with Gasteiger partial charge in [0.2, 0.25) is 0 Å². The number of carbonyl (C=O) groups is 1. The summed E-state index contributed by atoms with van der Waals surface area (Å²) in [6, 6.07) is 0.0509. The average Bonchev–Trinajstić information content (AvgIpc) is 1.86. The molecule has 0 aromatic rings. The molecule has 0 aliphatic rings. The summed E-state index contributed by atoms with van der Waals surface area (Å²) in [7, 11) is 0. The molecule has 0 aliphatic heterocycles. The van der Waals surface area contributed by atoms with Crippen molar-refractivity contribution in [3.05, 3.63) is 0 Å². The smallest absolute Gasteiger partial charge is 0.312 e. The molecule has 1 unspecified atom stereocenters. The van der Waals surface area contributed by atoms with E-state index in [9.17, 15) is 4.79 Å². The molecule has 0 saturated heterocycles. The average molecular weight is 160 g/mol. The second-order valence-corrected chi connectivity index (χ2v) is 2.95. The minimum atomic E-state index is 0.0509. The highest BCUT2D eigenvalue weighted by Gasteiger charge is 2.04. The number of nitrogens with one attached hydrogen (secondary N) is 1. The second kappa shape index (κ2) is 6.12. The van der Waals surface area contributed by atoms with Gasteiger partial charge in [0, 0.05) is 12.6 Å². The Morgan fingerprint density at radius 2 is 2.27 bits per heavy atom. The number of rotatable bonds is 6. The van der Waals surface area contributed by atoms with Crippen molar-refractivity contribution >= 4 is 6.47 Å². The number of carbonyl (C=O) groups excluding carboxylic acids is 1. The summed E-state index contributed by atoms with van der Waals surface area (Å²) in [4.78, 5) is 14.0. The third kappa shape index (κ3) is 7.29. The highest BCUT2D eigenvalue weighted by atomic mass is 16.7. The van der Waals surface area contributed by atoms with E-state index in [4.69, 9.17) is 5.73 Å². The summed E-state index contributed by atoms with van der Waals surface area (Å²) in [5.41, 5.74) is 8.10. The second-order valence-electron chi connectivity index (χ2n) is 2.95. The van der Waals surface area contributed by atoms with E-state index in [2.05, 4.69) is 24.2 Å². The van der Waals surface area contributed by atoms with Crippen LogP contribution in [0.3, 0.4) is 0 Å². The Kier molecular flexibility index (Phi) is 5.78. The van der Waals surface area contributed by atoms with Crippen LogP contribution >= 0.6 is 0 Å². The normalized spacial score (nSPS) is 13.1. The SMILES string of the molecule is CC(C)CC(N)CNOC=O. The fourth-order valence-electron chi connectivity index (χ4n) is 0.878. The Hall–Kier alpha value is -0.610. The largest absolute Gasteiger partial charge is 0.374 e. The molecule has 0 aliphatic carbocycles. The minimum Gasteiger partial charge on any atom is -0.374 e. The van der Waals surface area contributed by atoms with Crippen molar-refractivity contribution in [3.63, 3.8) is 0 Å². The van der Waals surface area contributed by atoms with Gasteiger partial charge in [-0.1, -0.05) is 13.8 Å². The van der Waals surface area contributed by atoms with E-state index < -0.39 is 0 Å². The molecule has 0 bridgehead atoms. The quantitative estimate of drug-likeness (QED) is 0.327. The van der Waals surface area contributed by atoms with Gasteiger partial charge in [-0.05, 0) is 12.3 Å². The van der Waals surface area contributed by atoms with Crippen LogP contribution in [0, 0.1) is 5.92 Å². The lowest BCUT2D eigenvalue weighted by Gasteiger charge is -2.12. The van der Waals surface area contributed by atoms with Crippen LogP contribution in [-0.4, -0.2) is 19.1 Å². The van der Waals surface area contributed by atoms with E-state index >= 15 is 0 Å². The van der Waals surface area contributed by atoms with Crippen LogP contribution < -0.4 is 11.2 Å². The molecule has 0 aromatic heterocycles. The Morgan fingerprint density at radius 3 is 2.73 bits per heavy atom. The summed E-state index contributed by atoms with van der Waals surface area (Å²) in [6.45, 7) is 5.06. The van der Waals surface area contributed by atoms with Crippen molar-refractivity contribution < 1.29 is 9.63 Å². The molecule has 4 nitrogen and oxygen atoms in total. The van der Waals surface area contributed by atoms with E-state index in [1.54, 1.807) is 0 Å². The molecule has 0 radical (unpaired) electrons. The van der Waals surface area contributed by atoms with Crippen LogP contribution in [0.5, 0.6) is 0 Å². The predicted octanol–water partition coefficient (Wildman–Crippen LogP) is 0.0374. The van der Waals surface area contributed by atoms with E-state index in [1.165, 1.54) is 0 Å². The lowest BCUT2D eigenvalue weighted by atomic mass is 10.1. The summed E-state index contributed by atoms with van der Waals surface area (Å²) < 4.78 is 0. The molecule has 66 valence electrons. The van der Waals surface area contributed by atoms with Crippen LogP contribution in [0.4, 0.5) is 0 Å². The van der Waals surface area contributed by atoms with Gasteiger partial charge in [-0.2, -0.15) is 5.48 Å². The van der Waals surface area contributed by atoms with Crippen LogP contribution in [0.15, 0.2) is 0 Å². The van der Waals surface area contributed by atoms with E-state index in [1.807, 2.05) is 0 Å². The maximum atomic E-state index is 9.68. The maximum absolute atomic E-state index is 9.68. The predicted molar refractivity (Wildman–Crippen MR) is 42.6 cm³/mol. The topological polar surface area (TPSA) is 64.3 Å². The molecule has 4 heteroatoms. The highest BCUT2D eigenvalue weighted by molar-refractivity contribution is 5.36. The van der Waals surface area contributed by atoms with Crippen LogP contribution in [0.1, 0.15) is 20.3 Å². The Bertz CT molecular complexity index is 107. The van der Waals surface area contributed by atoms with Crippen LogP contribution in [0.2, 0.25) is 0 Å². The van der Waals surface area contributed by atoms with Crippen molar-refractivity contribution in [1.29, 1.82) is 0 Å². The van der Waals surface area contributed by atoms with Crippen molar-refractivity contribution in [2.24, 2.45) is 11.7 Å². The first-order chi connectivity index (χ1) is 5.16. The zero-order valence-corrected chi connectivity index (χ0v) is 7.04. The third-order valence-corrected chi connectivity index (χ3v) is 1.25. The highest BCUT2D eigenvalue weighted by Crippen LogP contribution is 2.00. The van der Waals surface area contributed by atoms with Gasteiger partial charge in [-0.25, -0.2) is 0 Å². The Labute approximate surface area is 67.0 Å². The maximum Gasteiger partial charge on any atom is 0.312 e. The first kappa shape index (κ1) is 10.4. The molecule has 0 saturated carbocycles. The summed E-state index contributed by atoms with van der Waals surface area (Å²) in [5, 5.41) is 0. The number of hydroxylamine groups is 1. The van der Waals surface area contributed by atoms with Gasteiger partial charge in [-0.3, -0.25) is 4.79 Å². The van der Waals surface area contributed by atoms with Crippen LogP contribution in [-0.2, 0) is 9.63 Å². The van der Waals surface area contributed by atoms with E-state index in [-0.39, 0.29) is 6.04 Å². The van der Waals surface area contributed by atoms with Gasteiger partial charge < -0.3 is 10.6 Å². The molecule has 0 heterocycles. The molecule has 11 heavy (non-hydrogen) atoms. The van der Waals surface area contributed by atoms with Crippen molar-refractivity contribution in [2.75, 3.05) is 6.54 Å². The fraction of sp³-hybridized carbons (Fsp3) is 0.857. The third-order valence-electron chi connectivity index (χ3n) is 1.25. The van der Waals surface area contributed by atoms with Gasteiger partial charge in [0.25, 0.3) is 0 Å². The van der Waals surface area contributed by atoms with Crippen molar-refractivity contribution in [3.8, 4) is 0 Å². The van der Waals surface area contributed by atoms with Gasteiger partial charge in [0.1, 0.15) is 0 Å². The minimum absolute atomic E-state index is 0.0509. The molecule has 0 rings (SSSR count). The zero-order chi connectivity index (χ0) is 8.69. The van der Waals surface area contributed by atoms with Crippen LogP contribution in [0.25, 0.3) is 0 Å². The summed E-state index contributed by atoms with van der Waals surface area (Å²) in [5.74, 6) is 0.572. The molecule has 0 amide bonds. The molecule has 0 spiro atoms. The standard InChI is InChI=1S/C7H16N2O2/c1-6(2)3-7(8)4-9-11-5-10/h5-7,9H,3-4,8H2,1-2H3. The van der Waals surface area contributed by atoms with Crippen molar-refractivity contribution in [1.82, 2.24) is 5.48 Å². The molecule has 3 N–H and O–H groups in total.